The fraction of sp³-hybridized carbons (Fsp3) is 0.556. The third kappa shape index (κ3) is 2.39. The molecular formula is C9H16N2. The van der Waals surface area contributed by atoms with Gasteiger partial charge in [0, 0.05) is 18.3 Å². The van der Waals surface area contributed by atoms with Crippen LogP contribution in [0.3, 0.4) is 0 Å². The first-order valence-electron chi connectivity index (χ1n) is 4.11. The molecule has 0 aromatic rings. The Morgan fingerprint density at radius 2 is 2.55 bits per heavy atom. The summed E-state index contributed by atoms with van der Waals surface area (Å²) in [4.78, 5) is 0. The zero-order chi connectivity index (χ0) is 8.10. The largest absolute Gasteiger partial charge is 0.384 e. The molecule has 0 aliphatic carbocycles. The summed E-state index contributed by atoms with van der Waals surface area (Å²) in [5, 5.41) is 6.57. The van der Waals surface area contributed by atoms with Crippen LogP contribution in [0.25, 0.3) is 0 Å². The van der Waals surface area contributed by atoms with Gasteiger partial charge in [-0.25, -0.2) is 0 Å². The molecule has 0 bridgehead atoms. The van der Waals surface area contributed by atoms with Gasteiger partial charge in [0.05, 0.1) is 0 Å². The van der Waals surface area contributed by atoms with Crippen molar-refractivity contribution in [3.8, 4) is 0 Å². The van der Waals surface area contributed by atoms with E-state index in [0.29, 0.717) is 6.04 Å². The molecule has 1 fully saturated rings. The van der Waals surface area contributed by atoms with Gasteiger partial charge in [-0.15, -0.1) is 6.58 Å². The summed E-state index contributed by atoms with van der Waals surface area (Å²) in [7, 11) is 0. The number of hydrogen-bond donors (Lipinski definition) is 2. The van der Waals surface area contributed by atoms with E-state index >= 15 is 0 Å². The highest BCUT2D eigenvalue weighted by molar-refractivity contribution is 5.06. The number of nitrogens with one attached hydrogen (secondary N) is 2. The molecule has 62 valence electrons. The van der Waals surface area contributed by atoms with Crippen LogP contribution in [0.2, 0.25) is 0 Å². The van der Waals surface area contributed by atoms with E-state index in [-0.39, 0.29) is 0 Å². The Kier molecular flexibility index (Phi) is 3.17. The first-order valence-corrected chi connectivity index (χ1v) is 4.11. The smallest absolute Gasteiger partial charge is 0.0464 e. The monoisotopic (exact) mass is 152 g/mol. The molecule has 1 saturated heterocycles. The molecule has 1 heterocycles. The van der Waals surface area contributed by atoms with Gasteiger partial charge < -0.3 is 10.6 Å². The van der Waals surface area contributed by atoms with Crippen molar-refractivity contribution in [2.75, 3.05) is 13.1 Å². The van der Waals surface area contributed by atoms with Gasteiger partial charge in [0.25, 0.3) is 0 Å². The fourth-order valence-electron chi connectivity index (χ4n) is 1.31. The van der Waals surface area contributed by atoms with Crippen molar-refractivity contribution in [3.05, 3.63) is 24.9 Å². The van der Waals surface area contributed by atoms with Crippen molar-refractivity contribution in [2.45, 2.75) is 18.9 Å². The second kappa shape index (κ2) is 4.19. The maximum Gasteiger partial charge on any atom is 0.0464 e. The van der Waals surface area contributed by atoms with E-state index in [9.17, 15) is 0 Å². The number of rotatable bonds is 4. The van der Waals surface area contributed by atoms with E-state index < -0.39 is 0 Å². The molecule has 11 heavy (non-hydrogen) atoms. The molecule has 0 aromatic carbocycles. The highest BCUT2D eigenvalue weighted by atomic mass is 15.0. The Morgan fingerprint density at radius 3 is 3.09 bits per heavy atom. The molecule has 2 heteroatoms. The van der Waals surface area contributed by atoms with Gasteiger partial charge in [-0.3, -0.25) is 0 Å². The van der Waals surface area contributed by atoms with Gasteiger partial charge in [0.1, 0.15) is 0 Å². The Labute approximate surface area is 68.4 Å². The molecule has 1 rings (SSSR count). The van der Waals surface area contributed by atoms with Crippen LogP contribution in [0.5, 0.6) is 0 Å². The molecule has 1 aliphatic heterocycles. The van der Waals surface area contributed by atoms with Crippen LogP contribution < -0.4 is 10.6 Å². The van der Waals surface area contributed by atoms with Crippen LogP contribution in [-0.2, 0) is 0 Å². The van der Waals surface area contributed by atoms with Gasteiger partial charge in [-0.05, 0) is 19.4 Å². The predicted octanol–water partition coefficient (Wildman–Crippen LogP) is 1.03. The van der Waals surface area contributed by atoms with Crippen molar-refractivity contribution in [1.29, 1.82) is 0 Å². The minimum atomic E-state index is 0.481. The third-order valence-electron chi connectivity index (χ3n) is 1.95. The predicted molar refractivity (Wildman–Crippen MR) is 48.4 cm³/mol. The van der Waals surface area contributed by atoms with Gasteiger partial charge in [0.15, 0.2) is 0 Å². The molecule has 1 aliphatic rings. The zero-order valence-electron chi connectivity index (χ0n) is 6.90. The Bertz CT molecular complexity index is 146. The van der Waals surface area contributed by atoms with Gasteiger partial charge in [-0.2, -0.15) is 0 Å². The first kappa shape index (κ1) is 8.34. The van der Waals surface area contributed by atoms with E-state index in [1.807, 2.05) is 6.08 Å². The lowest BCUT2D eigenvalue weighted by Crippen LogP contribution is -2.30. The second-order valence-corrected chi connectivity index (χ2v) is 2.84. The molecule has 1 atom stereocenters. The van der Waals surface area contributed by atoms with Crippen LogP contribution in [0, 0.1) is 0 Å². The third-order valence-corrected chi connectivity index (χ3v) is 1.95. The van der Waals surface area contributed by atoms with E-state index in [1.54, 1.807) is 0 Å². The van der Waals surface area contributed by atoms with Gasteiger partial charge >= 0.3 is 0 Å². The fourth-order valence-corrected chi connectivity index (χ4v) is 1.31. The molecule has 0 aromatic heterocycles. The van der Waals surface area contributed by atoms with Gasteiger partial charge in [0.2, 0.25) is 0 Å². The summed E-state index contributed by atoms with van der Waals surface area (Å²) in [6.45, 7) is 9.53. The maximum atomic E-state index is 3.95. The van der Waals surface area contributed by atoms with Crippen LogP contribution >= 0.6 is 0 Å². The summed E-state index contributed by atoms with van der Waals surface area (Å²) in [5.41, 5.74) is 1.10. The minimum absolute atomic E-state index is 0.481. The Morgan fingerprint density at radius 1 is 1.73 bits per heavy atom. The SMILES string of the molecule is C=CCNC(=C)C1CCCN1. The van der Waals surface area contributed by atoms with Crippen molar-refractivity contribution >= 4 is 0 Å². The summed E-state index contributed by atoms with van der Waals surface area (Å²) >= 11 is 0. The van der Waals surface area contributed by atoms with Crippen LogP contribution in [0.1, 0.15) is 12.8 Å². The molecule has 0 amide bonds. The molecule has 2 nitrogen and oxygen atoms in total. The molecule has 0 radical (unpaired) electrons. The standard InChI is InChI=1S/C9H16N2/c1-3-6-10-8(2)9-5-4-7-11-9/h3,9-11H,1-2,4-7H2. The minimum Gasteiger partial charge on any atom is -0.384 e. The van der Waals surface area contributed by atoms with E-state index in [0.717, 1.165) is 18.8 Å². The van der Waals surface area contributed by atoms with Crippen LogP contribution in [0.15, 0.2) is 24.9 Å². The van der Waals surface area contributed by atoms with E-state index in [4.69, 9.17) is 0 Å². The van der Waals surface area contributed by atoms with Crippen LogP contribution in [0.4, 0.5) is 0 Å². The van der Waals surface area contributed by atoms with Crippen molar-refractivity contribution in [3.63, 3.8) is 0 Å². The lowest BCUT2D eigenvalue weighted by Gasteiger charge is -2.14. The Balaban J connectivity index is 2.22. The Hall–Kier alpha value is -0.760. The average Bonchev–Trinajstić information content (AvgIpc) is 2.52. The summed E-state index contributed by atoms with van der Waals surface area (Å²) < 4.78 is 0. The zero-order valence-corrected chi connectivity index (χ0v) is 6.90. The maximum absolute atomic E-state index is 3.95. The first-order chi connectivity index (χ1) is 5.34. The molecular weight excluding hydrogens is 136 g/mol. The number of hydrogen-bond acceptors (Lipinski definition) is 2. The molecule has 0 saturated carbocycles. The highest BCUT2D eigenvalue weighted by Gasteiger charge is 2.15. The van der Waals surface area contributed by atoms with Gasteiger partial charge in [-0.1, -0.05) is 12.7 Å². The van der Waals surface area contributed by atoms with Crippen molar-refractivity contribution < 1.29 is 0 Å². The van der Waals surface area contributed by atoms with E-state index in [2.05, 4.69) is 23.8 Å². The van der Waals surface area contributed by atoms with Crippen molar-refractivity contribution in [2.24, 2.45) is 0 Å². The molecule has 1 unspecified atom stereocenters. The normalized spacial score (nSPS) is 23.1. The quantitative estimate of drug-likeness (QED) is 0.588. The van der Waals surface area contributed by atoms with Crippen LogP contribution in [-0.4, -0.2) is 19.1 Å². The van der Waals surface area contributed by atoms with Crippen molar-refractivity contribution in [1.82, 2.24) is 10.6 Å². The lowest BCUT2D eigenvalue weighted by molar-refractivity contribution is 0.639. The average molecular weight is 152 g/mol. The summed E-state index contributed by atoms with van der Waals surface area (Å²) in [6, 6.07) is 0.481. The molecule has 0 spiro atoms. The molecule has 2 N–H and O–H groups in total. The van der Waals surface area contributed by atoms with E-state index in [1.165, 1.54) is 12.8 Å². The topological polar surface area (TPSA) is 24.1 Å². The summed E-state index contributed by atoms with van der Waals surface area (Å²) in [5.74, 6) is 0. The highest BCUT2D eigenvalue weighted by Crippen LogP contribution is 2.09. The summed E-state index contributed by atoms with van der Waals surface area (Å²) in [6.07, 6.45) is 4.32. The second-order valence-electron chi connectivity index (χ2n) is 2.84. The lowest BCUT2D eigenvalue weighted by atomic mass is 10.2.